The third-order valence-corrected chi connectivity index (χ3v) is 4.82. The molecule has 0 heterocycles. The fraction of sp³-hybridized carbons (Fsp3) is 0.136. The van der Waals surface area contributed by atoms with E-state index in [2.05, 4.69) is 10.2 Å². The Bertz CT molecular complexity index is 944. The Morgan fingerprint density at radius 3 is 2.11 bits per heavy atom. The smallest absolute Gasteiger partial charge is 0.159 e. The molecule has 0 unspecified atom stereocenters. The van der Waals surface area contributed by atoms with Crippen molar-refractivity contribution >= 4 is 34.7 Å². The van der Waals surface area contributed by atoms with Crippen molar-refractivity contribution in [2.75, 3.05) is 0 Å². The second-order valence-electron chi connectivity index (χ2n) is 6.20. The number of hydrogen-bond donors (Lipinski definition) is 0. The van der Waals surface area contributed by atoms with Crippen molar-refractivity contribution in [2.45, 2.75) is 19.9 Å². The molecule has 0 aliphatic carbocycles. The Balaban J connectivity index is 1.73. The van der Waals surface area contributed by atoms with Gasteiger partial charge in [0.15, 0.2) is 5.78 Å². The Labute approximate surface area is 168 Å². The molecule has 0 aliphatic rings. The van der Waals surface area contributed by atoms with Gasteiger partial charge in [-0.1, -0.05) is 77.8 Å². The first-order valence-corrected chi connectivity index (χ1v) is 9.28. The van der Waals surface area contributed by atoms with Crippen LogP contribution in [-0.2, 0) is 13.0 Å². The molecule has 0 spiro atoms. The number of halogens is 2. The van der Waals surface area contributed by atoms with Gasteiger partial charge in [-0.2, -0.15) is 10.2 Å². The lowest BCUT2D eigenvalue weighted by molar-refractivity contribution is 0.101. The normalized spacial score (nSPS) is 11.1. The van der Waals surface area contributed by atoms with Gasteiger partial charge in [0.05, 0.1) is 12.2 Å². The zero-order valence-electron chi connectivity index (χ0n) is 14.8. The van der Waals surface area contributed by atoms with Crippen LogP contribution < -0.4 is 0 Å². The molecule has 0 saturated heterocycles. The molecule has 0 atom stereocenters. The maximum atomic E-state index is 11.4. The maximum Gasteiger partial charge on any atom is 0.159 e. The van der Waals surface area contributed by atoms with Gasteiger partial charge in [-0.3, -0.25) is 4.79 Å². The molecule has 3 aromatic rings. The van der Waals surface area contributed by atoms with E-state index in [-0.39, 0.29) is 5.78 Å². The number of ketones is 1. The van der Waals surface area contributed by atoms with Gasteiger partial charge in [-0.25, -0.2) is 0 Å². The number of benzene rings is 3. The molecule has 0 N–H and O–H groups in total. The molecule has 136 valence electrons. The van der Waals surface area contributed by atoms with E-state index in [0.29, 0.717) is 34.3 Å². The van der Waals surface area contributed by atoms with E-state index in [1.165, 1.54) is 0 Å². The summed E-state index contributed by atoms with van der Waals surface area (Å²) in [6.45, 7) is 2.05. The van der Waals surface area contributed by atoms with Crippen molar-refractivity contribution in [1.82, 2.24) is 0 Å². The number of Topliss-reactive ketones (excluding diaryl/α,β-unsaturated/α-hetero) is 1. The van der Waals surface area contributed by atoms with Crippen molar-refractivity contribution < 1.29 is 4.79 Å². The first-order valence-electron chi connectivity index (χ1n) is 8.52. The van der Waals surface area contributed by atoms with Crippen LogP contribution in [-0.4, -0.2) is 5.78 Å². The summed E-state index contributed by atoms with van der Waals surface area (Å²) in [6, 6.07) is 20.9. The number of azo groups is 1. The van der Waals surface area contributed by atoms with Crippen LogP contribution in [0.3, 0.4) is 0 Å². The summed E-state index contributed by atoms with van der Waals surface area (Å²) < 4.78 is 0. The van der Waals surface area contributed by atoms with Crippen LogP contribution in [0.4, 0.5) is 5.69 Å². The van der Waals surface area contributed by atoms with E-state index in [1.54, 1.807) is 19.1 Å². The molecule has 0 radical (unpaired) electrons. The lowest BCUT2D eigenvalue weighted by atomic mass is 10.0. The molecule has 27 heavy (non-hydrogen) atoms. The number of rotatable bonds is 6. The van der Waals surface area contributed by atoms with Crippen LogP contribution in [0.2, 0.25) is 10.0 Å². The van der Waals surface area contributed by atoms with Crippen LogP contribution in [0.15, 0.2) is 77.0 Å². The summed E-state index contributed by atoms with van der Waals surface area (Å²) in [5, 5.41) is 9.53. The van der Waals surface area contributed by atoms with Crippen molar-refractivity contribution in [3.8, 4) is 0 Å². The Morgan fingerprint density at radius 1 is 0.889 bits per heavy atom. The second-order valence-corrected chi connectivity index (χ2v) is 7.02. The molecular formula is C22H18Cl2N2O. The minimum atomic E-state index is 0.0443. The Hall–Kier alpha value is -2.49. The fourth-order valence-electron chi connectivity index (χ4n) is 2.66. The molecule has 3 aromatic carbocycles. The zero-order chi connectivity index (χ0) is 19.2. The van der Waals surface area contributed by atoms with Crippen molar-refractivity contribution in [3.05, 3.63) is 99.0 Å². The van der Waals surface area contributed by atoms with Gasteiger partial charge in [0.25, 0.3) is 0 Å². The summed E-state index contributed by atoms with van der Waals surface area (Å²) in [5.41, 5.74) is 4.25. The Morgan fingerprint density at radius 2 is 1.52 bits per heavy atom. The predicted molar refractivity (Wildman–Crippen MR) is 110 cm³/mol. The molecule has 0 aliphatic heterocycles. The predicted octanol–water partition coefficient (Wildman–Crippen LogP) is 7.07. The van der Waals surface area contributed by atoms with Gasteiger partial charge in [0, 0.05) is 22.0 Å². The monoisotopic (exact) mass is 396 g/mol. The second kappa shape index (κ2) is 8.94. The minimum absolute atomic E-state index is 0.0443. The highest BCUT2D eigenvalue weighted by Gasteiger charge is 2.10. The van der Waals surface area contributed by atoms with Crippen LogP contribution >= 0.6 is 23.2 Å². The molecule has 3 rings (SSSR count). The Kier molecular flexibility index (Phi) is 6.38. The van der Waals surface area contributed by atoms with Crippen LogP contribution in [0.5, 0.6) is 0 Å². The summed E-state index contributed by atoms with van der Waals surface area (Å²) in [6.07, 6.45) is 0.581. The van der Waals surface area contributed by atoms with E-state index in [4.69, 9.17) is 23.2 Å². The molecular weight excluding hydrogens is 379 g/mol. The topological polar surface area (TPSA) is 41.8 Å². The van der Waals surface area contributed by atoms with E-state index in [9.17, 15) is 4.79 Å². The number of hydrogen-bond acceptors (Lipinski definition) is 3. The highest BCUT2D eigenvalue weighted by molar-refractivity contribution is 6.36. The molecule has 0 amide bonds. The summed E-state index contributed by atoms with van der Waals surface area (Å²) >= 11 is 12.8. The molecule has 0 aromatic heterocycles. The SMILES string of the molecule is CC(=O)c1ccc(Cc2c(Cl)cc(N=NCc3ccccc3)cc2Cl)cc1. The van der Waals surface area contributed by atoms with Crippen molar-refractivity contribution in [3.63, 3.8) is 0 Å². The zero-order valence-corrected chi connectivity index (χ0v) is 16.3. The third-order valence-electron chi connectivity index (χ3n) is 4.15. The van der Waals surface area contributed by atoms with Crippen molar-refractivity contribution in [1.29, 1.82) is 0 Å². The lowest BCUT2D eigenvalue weighted by Gasteiger charge is -2.09. The molecule has 5 heteroatoms. The summed E-state index contributed by atoms with van der Waals surface area (Å²) in [4.78, 5) is 11.4. The van der Waals surface area contributed by atoms with E-state index in [1.807, 2.05) is 54.6 Å². The average Bonchev–Trinajstić information content (AvgIpc) is 2.66. The number of nitrogens with zero attached hydrogens (tertiary/aromatic N) is 2. The third kappa shape index (κ3) is 5.25. The standard InChI is InChI=1S/C22H18Cl2N2O/c1-15(27)18-9-7-16(8-10-18)11-20-21(23)12-19(13-22(20)24)26-25-14-17-5-3-2-4-6-17/h2-10,12-13H,11,14H2,1H3. The van der Waals surface area contributed by atoms with Gasteiger partial charge in [-0.15, -0.1) is 0 Å². The fourth-order valence-corrected chi connectivity index (χ4v) is 3.27. The van der Waals surface area contributed by atoms with Crippen molar-refractivity contribution in [2.24, 2.45) is 10.2 Å². The number of carbonyl (C=O) groups is 1. The van der Waals surface area contributed by atoms with Gasteiger partial charge in [0.2, 0.25) is 0 Å². The van der Waals surface area contributed by atoms with Gasteiger partial charge < -0.3 is 0 Å². The van der Waals surface area contributed by atoms with Crippen LogP contribution in [0.1, 0.15) is 34.0 Å². The van der Waals surface area contributed by atoms with E-state index >= 15 is 0 Å². The molecule has 0 saturated carbocycles. The first-order chi connectivity index (χ1) is 13.0. The van der Waals surface area contributed by atoms with Crippen LogP contribution in [0.25, 0.3) is 0 Å². The maximum absolute atomic E-state index is 11.4. The highest BCUT2D eigenvalue weighted by Crippen LogP contribution is 2.32. The van der Waals surface area contributed by atoms with Gasteiger partial charge in [-0.05, 0) is 35.7 Å². The number of carbonyl (C=O) groups excluding carboxylic acids is 1. The first kappa shape index (κ1) is 19.3. The lowest BCUT2D eigenvalue weighted by Crippen LogP contribution is -1.94. The van der Waals surface area contributed by atoms with Gasteiger partial charge in [0.1, 0.15) is 0 Å². The molecule has 3 nitrogen and oxygen atoms in total. The van der Waals surface area contributed by atoms with E-state index < -0.39 is 0 Å². The molecule has 0 bridgehead atoms. The quantitative estimate of drug-likeness (QED) is 0.324. The minimum Gasteiger partial charge on any atom is -0.295 e. The summed E-state index contributed by atoms with van der Waals surface area (Å²) in [5.74, 6) is 0.0443. The summed E-state index contributed by atoms with van der Waals surface area (Å²) in [7, 11) is 0. The van der Waals surface area contributed by atoms with E-state index in [0.717, 1.165) is 16.7 Å². The largest absolute Gasteiger partial charge is 0.295 e. The molecule has 0 fully saturated rings. The average molecular weight is 397 g/mol. The highest BCUT2D eigenvalue weighted by atomic mass is 35.5. The van der Waals surface area contributed by atoms with Crippen LogP contribution in [0, 0.1) is 0 Å². The van der Waals surface area contributed by atoms with Gasteiger partial charge >= 0.3 is 0 Å².